The molecule has 0 radical (unpaired) electrons. The van der Waals surface area contributed by atoms with Crippen molar-refractivity contribution in [3.05, 3.63) is 52.0 Å². The van der Waals surface area contributed by atoms with Crippen LogP contribution in [-0.2, 0) is 11.3 Å². The molecule has 0 N–H and O–H groups in total. The van der Waals surface area contributed by atoms with Crippen LogP contribution in [0.4, 0.5) is 4.39 Å². The second-order valence-electron chi connectivity index (χ2n) is 3.52. The maximum absolute atomic E-state index is 13.0. The summed E-state index contributed by atoms with van der Waals surface area (Å²) in [7, 11) is 1.32. The standard InChI is InChI=1S/C13H11FO3S/c1-16-13(15)12-11(5-6-18-12)17-8-9-3-2-4-10(14)7-9/h2-7H,8H2,1H3. The summed E-state index contributed by atoms with van der Waals surface area (Å²) in [5.41, 5.74) is 0.706. The Labute approximate surface area is 108 Å². The van der Waals surface area contributed by atoms with Crippen molar-refractivity contribution >= 4 is 17.3 Å². The summed E-state index contributed by atoms with van der Waals surface area (Å²) in [5, 5.41) is 1.74. The molecule has 0 spiro atoms. The maximum Gasteiger partial charge on any atom is 0.351 e. The molecule has 0 aliphatic rings. The van der Waals surface area contributed by atoms with Crippen LogP contribution in [0.15, 0.2) is 35.7 Å². The van der Waals surface area contributed by atoms with Crippen LogP contribution in [0.2, 0.25) is 0 Å². The molecule has 0 atom stereocenters. The van der Waals surface area contributed by atoms with Crippen LogP contribution < -0.4 is 4.74 Å². The van der Waals surface area contributed by atoms with Gasteiger partial charge in [0, 0.05) is 0 Å². The fourth-order valence-electron chi connectivity index (χ4n) is 1.44. The molecular formula is C13H11FO3S. The van der Waals surface area contributed by atoms with E-state index in [0.29, 0.717) is 16.2 Å². The predicted octanol–water partition coefficient (Wildman–Crippen LogP) is 3.25. The smallest absolute Gasteiger partial charge is 0.351 e. The molecule has 0 fully saturated rings. The minimum Gasteiger partial charge on any atom is -0.487 e. The topological polar surface area (TPSA) is 35.5 Å². The number of esters is 1. The van der Waals surface area contributed by atoms with E-state index in [2.05, 4.69) is 4.74 Å². The van der Waals surface area contributed by atoms with Crippen LogP contribution in [-0.4, -0.2) is 13.1 Å². The van der Waals surface area contributed by atoms with E-state index in [1.165, 1.54) is 30.6 Å². The number of ether oxygens (including phenoxy) is 2. The number of methoxy groups -OCH3 is 1. The fraction of sp³-hybridized carbons (Fsp3) is 0.154. The van der Waals surface area contributed by atoms with Crippen molar-refractivity contribution in [2.75, 3.05) is 7.11 Å². The summed E-state index contributed by atoms with van der Waals surface area (Å²) in [4.78, 5) is 11.8. The third-order valence-electron chi connectivity index (χ3n) is 2.28. The Kier molecular flexibility index (Phi) is 3.94. The van der Waals surface area contributed by atoms with Gasteiger partial charge in [-0.15, -0.1) is 11.3 Å². The monoisotopic (exact) mass is 266 g/mol. The molecule has 3 nitrogen and oxygen atoms in total. The highest BCUT2D eigenvalue weighted by molar-refractivity contribution is 7.12. The zero-order valence-electron chi connectivity index (χ0n) is 9.68. The third-order valence-corrected chi connectivity index (χ3v) is 3.16. The molecule has 0 bridgehead atoms. The van der Waals surface area contributed by atoms with Crippen LogP contribution in [0.3, 0.4) is 0 Å². The number of carbonyl (C=O) groups is 1. The predicted molar refractivity (Wildman–Crippen MR) is 66.4 cm³/mol. The lowest BCUT2D eigenvalue weighted by atomic mass is 10.2. The highest BCUT2D eigenvalue weighted by atomic mass is 32.1. The summed E-state index contributed by atoms with van der Waals surface area (Å²) < 4.78 is 23.1. The van der Waals surface area contributed by atoms with Crippen molar-refractivity contribution < 1.29 is 18.7 Å². The lowest BCUT2D eigenvalue weighted by Gasteiger charge is -2.06. The van der Waals surface area contributed by atoms with E-state index in [0.717, 1.165) is 0 Å². The van der Waals surface area contributed by atoms with Gasteiger partial charge in [0.25, 0.3) is 0 Å². The average Bonchev–Trinajstić information content (AvgIpc) is 2.84. The van der Waals surface area contributed by atoms with Gasteiger partial charge in [0.05, 0.1) is 7.11 Å². The molecule has 2 rings (SSSR count). The van der Waals surface area contributed by atoms with Crippen LogP contribution in [0.1, 0.15) is 15.2 Å². The lowest BCUT2D eigenvalue weighted by molar-refractivity contribution is 0.0601. The number of rotatable bonds is 4. The first-order valence-electron chi connectivity index (χ1n) is 5.24. The Balaban J connectivity index is 2.07. The van der Waals surface area contributed by atoms with Crippen molar-refractivity contribution in [2.45, 2.75) is 6.61 Å². The van der Waals surface area contributed by atoms with Gasteiger partial charge in [-0.25, -0.2) is 9.18 Å². The summed E-state index contributed by atoms with van der Waals surface area (Å²) in [6.07, 6.45) is 0. The van der Waals surface area contributed by atoms with Crippen molar-refractivity contribution in [1.82, 2.24) is 0 Å². The van der Waals surface area contributed by atoms with Crippen molar-refractivity contribution in [3.8, 4) is 5.75 Å². The first kappa shape index (κ1) is 12.6. The molecule has 1 aromatic heterocycles. The Bertz CT molecular complexity index is 551. The number of halogens is 1. The van der Waals surface area contributed by atoms with E-state index in [9.17, 15) is 9.18 Å². The minimum atomic E-state index is -0.431. The highest BCUT2D eigenvalue weighted by Crippen LogP contribution is 2.26. The fourth-order valence-corrected chi connectivity index (χ4v) is 2.19. The van der Waals surface area contributed by atoms with E-state index in [1.54, 1.807) is 23.6 Å². The van der Waals surface area contributed by atoms with E-state index in [-0.39, 0.29) is 12.4 Å². The number of hydrogen-bond donors (Lipinski definition) is 0. The van der Waals surface area contributed by atoms with Gasteiger partial charge in [-0.2, -0.15) is 0 Å². The maximum atomic E-state index is 13.0. The zero-order chi connectivity index (χ0) is 13.0. The molecule has 0 unspecified atom stereocenters. The Morgan fingerprint density at radius 1 is 1.39 bits per heavy atom. The molecule has 0 amide bonds. The number of thiophene rings is 1. The normalized spacial score (nSPS) is 10.1. The Morgan fingerprint density at radius 3 is 2.94 bits per heavy atom. The van der Waals surface area contributed by atoms with Crippen LogP contribution in [0.25, 0.3) is 0 Å². The first-order valence-corrected chi connectivity index (χ1v) is 6.11. The largest absolute Gasteiger partial charge is 0.487 e. The van der Waals surface area contributed by atoms with Gasteiger partial charge >= 0.3 is 5.97 Å². The number of hydrogen-bond acceptors (Lipinski definition) is 4. The van der Waals surface area contributed by atoms with Gasteiger partial charge in [0.15, 0.2) is 4.88 Å². The van der Waals surface area contributed by atoms with Gasteiger partial charge in [-0.3, -0.25) is 0 Å². The van der Waals surface area contributed by atoms with Crippen LogP contribution >= 0.6 is 11.3 Å². The van der Waals surface area contributed by atoms with E-state index in [1.807, 2.05) is 0 Å². The van der Waals surface area contributed by atoms with Gasteiger partial charge in [-0.05, 0) is 29.1 Å². The van der Waals surface area contributed by atoms with Crippen molar-refractivity contribution in [1.29, 1.82) is 0 Å². The molecule has 1 aromatic carbocycles. The van der Waals surface area contributed by atoms with Gasteiger partial charge in [0.1, 0.15) is 18.2 Å². The molecule has 0 saturated carbocycles. The third kappa shape index (κ3) is 2.87. The van der Waals surface area contributed by atoms with Crippen LogP contribution in [0.5, 0.6) is 5.75 Å². The molecule has 18 heavy (non-hydrogen) atoms. The molecule has 0 aliphatic heterocycles. The average molecular weight is 266 g/mol. The summed E-state index contributed by atoms with van der Waals surface area (Å²) >= 11 is 1.25. The van der Waals surface area contributed by atoms with Gasteiger partial charge in [0.2, 0.25) is 0 Å². The van der Waals surface area contributed by atoms with Crippen molar-refractivity contribution in [2.24, 2.45) is 0 Å². The molecule has 0 saturated heterocycles. The molecule has 0 aliphatic carbocycles. The summed E-state index contributed by atoms with van der Waals surface area (Å²) in [6.45, 7) is 0.207. The van der Waals surface area contributed by atoms with E-state index < -0.39 is 5.97 Å². The highest BCUT2D eigenvalue weighted by Gasteiger charge is 2.14. The van der Waals surface area contributed by atoms with Gasteiger partial charge < -0.3 is 9.47 Å². The quantitative estimate of drug-likeness (QED) is 0.797. The summed E-state index contributed by atoms with van der Waals surface area (Å²) in [6, 6.07) is 7.82. The molecule has 2 aromatic rings. The molecule has 1 heterocycles. The minimum absolute atomic E-state index is 0.207. The van der Waals surface area contributed by atoms with E-state index >= 15 is 0 Å². The summed E-state index contributed by atoms with van der Waals surface area (Å²) in [5.74, 6) is -0.287. The second-order valence-corrected chi connectivity index (χ2v) is 4.44. The SMILES string of the molecule is COC(=O)c1sccc1OCc1cccc(F)c1. The van der Waals surface area contributed by atoms with Crippen molar-refractivity contribution in [3.63, 3.8) is 0 Å². The second kappa shape index (κ2) is 5.64. The Hall–Kier alpha value is -1.88. The lowest BCUT2D eigenvalue weighted by Crippen LogP contribution is -2.02. The van der Waals surface area contributed by atoms with E-state index in [4.69, 9.17) is 4.74 Å². The van der Waals surface area contributed by atoms with Gasteiger partial charge in [-0.1, -0.05) is 12.1 Å². The van der Waals surface area contributed by atoms with Crippen LogP contribution in [0, 0.1) is 5.82 Å². The first-order chi connectivity index (χ1) is 8.70. The number of benzene rings is 1. The number of carbonyl (C=O) groups excluding carboxylic acids is 1. The Morgan fingerprint density at radius 2 is 2.22 bits per heavy atom. The molecule has 5 heteroatoms. The molecule has 94 valence electrons. The molecular weight excluding hydrogens is 255 g/mol. The zero-order valence-corrected chi connectivity index (χ0v) is 10.5.